The molecule has 0 radical (unpaired) electrons. The fourth-order valence-corrected chi connectivity index (χ4v) is 4.32. The Morgan fingerprint density at radius 1 is 0.926 bits per heavy atom. The fraction of sp³-hybridized carbons (Fsp3) is 0.458. The zero-order valence-electron chi connectivity index (χ0n) is 16.3. The van der Waals surface area contributed by atoms with Crippen LogP contribution in [0.2, 0.25) is 0 Å². The highest BCUT2D eigenvalue weighted by Gasteiger charge is 2.41. The minimum atomic E-state index is -0.867. The van der Waals surface area contributed by atoms with Gasteiger partial charge in [0.15, 0.2) is 0 Å². The maximum atomic E-state index is 12.5. The lowest BCUT2D eigenvalue weighted by molar-refractivity contribution is -0.153. The Hall–Kier alpha value is -2.13. The second kappa shape index (κ2) is 9.18. The Morgan fingerprint density at radius 3 is 1.85 bits per heavy atom. The number of hydrogen-bond acceptors (Lipinski definition) is 2. The first-order chi connectivity index (χ1) is 13.1. The van der Waals surface area contributed by atoms with Crippen molar-refractivity contribution in [1.29, 1.82) is 0 Å². The fourth-order valence-electron chi connectivity index (χ4n) is 4.32. The van der Waals surface area contributed by atoms with Crippen LogP contribution in [0.1, 0.15) is 56.6 Å². The molecule has 1 fully saturated rings. The predicted molar refractivity (Wildman–Crippen MR) is 109 cm³/mol. The first kappa shape index (κ1) is 19.6. The van der Waals surface area contributed by atoms with E-state index in [1.54, 1.807) is 0 Å². The summed E-state index contributed by atoms with van der Waals surface area (Å²) in [6, 6.07) is 20.4. The van der Waals surface area contributed by atoms with Crippen molar-refractivity contribution in [2.75, 3.05) is 0 Å². The van der Waals surface area contributed by atoms with E-state index < -0.39 is 11.5 Å². The number of carbonyl (C=O) groups is 1. The van der Waals surface area contributed by atoms with Crippen LogP contribution < -0.4 is 0 Å². The van der Waals surface area contributed by atoms with Gasteiger partial charge in [-0.05, 0) is 30.4 Å². The molecule has 2 aromatic carbocycles. The van der Waals surface area contributed by atoms with E-state index in [4.69, 9.17) is 0 Å². The average molecular weight is 366 g/mol. The van der Waals surface area contributed by atoms with Crippen molar-refractivity contribution in [1.82, 2.24) is 4.90 Å². The third-order valence-electron chi connectivity index (χ3n) is 6.00. The maximum absolute atomic E-state index is 12.5. The summed E-state index contributed by atoms with van der Waals surface area (Å²) in [5.41, 5.74) is 1.45. The molecule has 3 rings (SSSR count). The van der Waals surface area contributed by atoms with Crippen molar-refractivity contribution in [3.63, 3.8) is 0 Å². The topological polar surface area (TPSA) is 40.5 Å². The Kier molecular flexibility index (Phi) is 6.68. The highest BCUT2D eigenvalue weighted by Crippen LogP contribution is 2.35. The highest BCUT2D eigenvalue weighted by atomic mass is 16.4. The zero-order chi connectivity index (χ0) is 19.1. The van der Waals surface area contributed by atoms with Gasteiger partial charge in [-0.2, -0.15) is 0 Å². The van der Waals surface area contributed by atoms with Gasteiger partial charge < -0.3 is 5.11 Å². The van der Waals surface area contributed by atoms with Gasteiger partial charge in [0.2, 0.25) is 0 Å². The molecular formula is C24H31NO2. The van der Waals surface area contributed by atoms with Gasteiger partial charge in [0.25, 0.3) is 0 Å². The predicted octanol–water partition coefficient (Wildman–Crippen LogP) is 5.50. The summed E-state index contributed by atoms with van der Waals surface area (Å²) in [5.74, 6) is -0.200. The molecule has 1 atom stereocenters. The Morgan fingerprint density at radius 2 is 1.41 bits per heavy atom. The number of hydrogen-bond donors (Lipinski definition) is 1. The van der Waals surface area contributed by atoms with E-state index in [1.807, 2.05) is 43.3 Å². The van der Waals surface area contributed by atoms with Crippen LogP contribution in [-0.2, 0) is 17.9 Å². The van der Waals surface area contributed by atoms with Crippen molar-refractivity contribution < 1.29 is 9.90 Å². The van der Waals surface area contributed by atoms with E-state index in [9.17, 15) is 9.90 Å². The van der Waals surface area contributed by atoms with Crippen molar-refractivity contribution in [3.05, 3.63) is 71.8 Å². The highest BCUT2D eigenvalue weighted by molar-refractivity contribution is 5.78. The van der Waals surface area contributed by atoms with Gasteiger partial charge in [-0.25, -0.2) is 0 Å². The van der Waals surface area contributed by atoms with Crippen LogP contribution in [0.4, 0.5) is 0 Å². The second-order valence-corrected chi connectivity index (χ2v) is 8.11. The van der Waals surface area contributed by atoms with E-state index in [-0.39, 0.29) is 0 Å². The van der Waals surface area contributed by atoms with E-state index in [2.05, 4.69) is 29.2 Å². The largest absolute Gasteiger partial charge is 0.480 e. The lowest BCUT2D eigenvalue weighted by atomic mass is 9.79. The maximum Gasteiger partial charge on any atom is 0.323 e. The molecule has 1 unspecified atom stereocenters. The quantitative estimate of drug-likeness (QED) is 0.671. The minimum Gasteiger partial charge on any atom is -0.480 e. The van der Waals surface area contributed by atoms with Gasteiger partial charge in [-0.1, -0.05) is 92.8 Å². The van der Waals surface area contributed by atoms with Gasteiger partial charge in [0.1, 0.15) is 5.54 Å². The lowest BCUT2D eigenvalue weighted by Crippen LogP contribution is -2.52. The standard InChI is InChI=1S/C24H31NO2/c1-24(23(26)27,17-20-11-5-2-6-12-20)25(18-21-13-7-3-8-14-21)19-22-15-9-4-10-16-22/h3-4,7-10,13-16,20H,2,5-6,11-12,17-19H2,1H3,(H,26,27). The van der Waals surface area contributed by atoms with Gasteiger partial charge in [-0.3, -0.25) is 9.69 Å². The van der Waals surface area contributed by atoms with Crippen molar-refractivity contribution >= 4 is 5.97 Å². The molecule has 1 aliphatic carbocycles. The summed E-state index contributed by atoms with van der Waals surface area (Å²) >= 11 is 0. The molecule has 0 heterocycles. The molecule has 0 aliphatic heterocycles. The summed E-state index contributed by atoms with van der Waals surface area (Å²) in [4.78, 5) is 14.6. The van der Waals surface area contributed by atoms with Crippen LogP contribution >= 0.6 is 0 Å². The molecule has 2 aromatic rings. The number of aliphatic carboxylic acids is 1. The third-order valence-corrected chi connectivity index (χ3v) is 6.00. The summed E-state index contributed by atoms with van der Waals surface area (Å²) < 4.78 is 0. The molecule has 0 bridgehead atoms. The Bertz CT molecular complexity index is 668. The number of nitrogens with zero attached hydrogens (tertiary/aromatic N) is 1. The summed E-state index contributed by atoms with van der Waals surface area (Å²) in [7, 11) is 0. The van der Waals surface area contributed by atoms with Crippen LogP contribution in [-0.4, -0.2) is 21.5 Å². The van der Waals surface area contributed by atoms with Gasteiger partial charge in [0.05, 0.1) is 0 Å². The van der Waals surface area contributed by atoms with E-state index in [0.717, 1.165) is 30.4 Å². The first-order valence-corrected chi connectivity index (χ1v) is 10.1. The SMILES string of the molecule is CC(CC1CCCCC1)(C(=O)O)N(Cc1ccccc1)Cc1ccccc1. The molecule has 144 valence electrons. The third kappa shape index (κ3) is 5.20. The Labute approximate surface area is 163 Å². The smallest absolute Gasteiger partial charge is 0.323 e. The second-order valence-electron chi connectivity index (χ2n) is 8.11. The molecule has 1 N–H and O–H groups in total. The van der Waals surface area contributed by atoms with Crippen LogP contribution in [0.5, 0.6) is 0 Å². The lowest BCUT2D eigenvalue weighted by Gasteiger charge is -2.41. The zero-order valence-corrected chi connectivity index (χ0v) is 16.3. The first-order valence-electron chi connectivity index (χ1n) is 10.1. The normalized spacial score (nSPS) is 17.6. The molecule has 0 aromatic heterocycles. The van der Waals surface area contributed by atoms with Gasteiger partial charge in [0, 0.05) is 13.1 Å². The van der Waals surface area contributed by atoms with Crippen LogP contribution in [0, 0.1) is 5.92 Å². The molecule has 0 amide bonds. The number of carboxylic acids is 1. The van der Waals surface area contributed by atoms with E-state index >= 15 is 0 Å². The van der Waals surface area contributed by atoms with Crippen LogP contribution in [0.3, 0.4) is 0 Å². The molecule has 27 heavy (non-hydrogen) atoms. The van der Waals surface area contributed by atoms with E-state index in [1.165, 1.54) is 19.3 Å². The van der Waals surface area contributed by atoms with Gasteiger partial charge in [-0.15, -0.1) is 0 Å². The molecule has 1 aliphatic rings. The molecule has 3 nitrogen and oxygen atoms in total. The van der Waals surface area contributed by atoms with Crippen molar-refractivity contribution in [2.45, 2.75) is 64.1 Å². The van der Waals surface area contributed by atoms with Crippen LogP contribution in [0.25, 0.3) is 0 Å². The monoisotopic (exact) mass is 365 g/mol. The average Bonchev–Trinajstić information content (AvgIpc) is 2.69. The summed E-state index contributed by atoms with van der Waals surface area (Å²) in [6.45, 7) is 3.21. The van der Waals surface area contributed by atoms with Gasteiger partial charge >= 0.3 is 5.97 Å². The molecule has 3 heteroatoms. The van der Waals surface area contributed by atoms with Crippen molar-refractivity contribution in [2.24, 2.45) is 5.92 Å². The van der Waals surface area contributed by atoms with Crippen LogP contribution in [0.15, 0.2) is 60.7 Å². The van der Waals surface area contributed by atoms with Crippen molar-refractivity contribution in [3.8, 4) is 0 Å². The molecule has 0 spiro atoms. The number of benzene rings is 2. The number of carboxylic acid groups (broad SMARTS) is 1. The molecule has 1 saturated carbocycles. The summed E-state index contributed by atoms with van der Waals surface area (Å²) in [6.07, 6.45) is 6.80. The summed E-state index contributed by atoms with van der Waals surface area (Å²) in [5, 5.41) is 10.2. The number of rotatable bonds is 8. The Balaban J connectivity index is 1.87. The molecular weight excluding hydrogens is 334 g/mol. The molecule has 0 saturated heterocycles. The minimum absolute atomic E-state index is 0.508. The van der Waals surface area contributed by atoms with E-state index in [0.29, 0.717) is 19.0 Å².